The van der Waals surface area contributed by atoms with Crippen LogP contribution in [0.15, 0.2) is 9.95 Å². The van der Waals surface area contributed by atoms with Gasteiger partial charge in [0.1, 0.15) is 5.54 Å². The molecule has 17 heavy (non-hydrogen) atoms. The molecule has 0 saturated carbocycles. The number of aromatic nitrogens is 3. The molecule has 0 bridgehead atoms. The SMILES string of the molecule is CNC(C)(C#N)CCCSc1n[nH]c(=O)n1C. The lowest BCUT2D eigenvalue weighted by Gasteiger charge is -2.19. The highest BCUT2D eigenvalue weighted by molar-refractivity contribution is 7.99. The van der Waals surface area contributed by atoms with Crippen LogP contribution in [0, 0.1) is 11.3 Å². The topological polar surface area (TPSA) is 86.5 Å². The first kappa shape index (κ1) is 13.8. The summed E-state index contributed by atoms with van der Waals surface area (Å²) in [6.45, 7) is 1.88. The van der Waals surface area contributed by atoms with Crippen molar-refractivity contribution in [3.05, 3.63) is 10.5 Å². The second kappa shape index (κ2) is 5.89. The molecule has 0 aliphatic rings. The first-order valence-electron chi connectivity index (χ1n) is 5.37. The van der Waals surface area contributed by atoms with E-state index in [0.29, 0.717) is 5.16 Å². The van der Waals surface area contributed by atoms with E-state index < -0.39 is 5.54 Å². The van der Waals surface area contributed by atoms with Crippen LogP contribution < -0.4 is 11.0 Å². The molecular weight excluding hydrogens is 238 g/mol. The van der Waals surface area contributed by atoms with E-state index in [1.54, 1.807) is 14.1 Å². The molecule has 0 fully saturated rings. The van der Waals surface area contributed by atoms with Crippen molar-refractivity contribution in [2.24, 2.45) is 7.05 Å². The maximum atomic E-state index is 11.1. The number of H-pyrrole nitrogens is 1. The lowest BCUT2D eigenvalue weighted by atomic mass is 9.99. The fourth-order valence-corrected chi connectivity index (χ4v) is 2.15. The van der Waals surface area contributed by atoms with E-state index in [1.807, 2.05) is 6.92 Å². The van der Waals surface area contributed by atoms with Crippen molar-refractivity contribution in [2.75, 3.05) is 12.8 Å². The van der Waals surface area contributed by atoms with Crippen molar-refractivity contribution in [1.29, 1.82) is 5.26 Å². The van der Waals surface area contributed by atoms with Gasteiger partial charge in [0.2, 0.25) is 0 Å². The summed E-state index contributed by atoms with van der Waals surface area (Å²) in [6.07, 6.45) is 1.65. The standard InChI is InChI=1S/C10H17N5OS/c1-10(7-11,12-2)5-4-6-17-9-14-13-8(16)15(9)3/h12H,4-6H2,1-3H3,(H,13,16). The van der Waals surface area contributed by atoms with Crippen molar-refractivity contribution in [3.8, 4) is 6.07 Å². The molecule has 1 aromatic heterocycles. The number of hydrogen-bond donors (Lipinski definition) is 2. The monoisotopic (exact) mass is 255 g/mol. The van der Waals surface area contributed by atoms with E-state index in [2.05, 4.69) is 21.6 Å². The first-order chi connectivity index (χ1) is 8.02. The van der Waals surface area contributed by atoms with Crippen LogP contribution in [0.1, 0.15) is 19.8 Å². The highest BCUT2D eigenvalue weighted by Crippen LogP contribution is 2.17. The minimum atomic E-state index is -0.474. The summed E-state index contributed by atoms with van der Waals surface area (Å²) in [4.78, 5) is 11.1. The molecule has 2 N–H and O–H groups in total. The molecule has 1 rings (SSSR count). The summed E-state index contributed by atoms with van der Waals surface area (Å²) in [5, 5.41) is 18.9. The summed E-state index contributed by atoms with van der Waals surface area (Å²) in [7, 11) is 3.47. The molecule has 6 nitrogen and oxygen atoms in total. The Morgan fingerprint density at radius 2 is 2.41 bits per heavy atom. The Bertz CT molecular complexity index is 460. The largest absolute Gasteiger partial charge is 0.343 e. The Labute approximate surface area is 104 Å². The van der Waals surface area contributed by atoms with Crippen LogP contribution in [0.4, 0.5) is 0 Å². The number of nitrogens with one attached hydrogen (secondary N) is 2. The molecule has 1 heterocycles. The van der Waals surface area contributed by atoms with Gasteiger partial charge in [-0.25, -0.2) is 9.89 Å². The number of nitriles is 1. The third-order valence-corrected chi connectivity index (χ3v) is 3.81. The lowest BCUT2D eigenvalue weighted by molar-refractivity contribution is 0.451. The molecule has 7 heteroatoms. The third-order valence-electron chi connectivity index (χ3n) is 2.69. The van der Waals surface area contributed by atoms with Crippen LogP contribution in [0.25, 0.3) is 0 Å². The number of rotatable bonds is 6. The van der Waals surface area contributed by atoms with Gasteiger partial charge in [-0.15, -0.1) is 5.10 Å². The summed E-state index contributed by atoms with van der Waals surface area (Å²) in [5.41, 5.74) is -0.678. The summed E-state index contributed by atoms with van der Waals surface area (Å²) < 4.78 is 1.48. The van der Waals surface area contributed by atoms with E-state index in [9.17, 15) is 4.79 Å². The van der Waals surface area contributed by atoms with Crippen molar-refractivity contribution in [3.63, 3.8) is 0 Å². The molecule has 0 amide bonds. The Balaban J connectivity index is 2.37. The van der Waals surface area contributed by atoms with Gasteiger partial charge in [0.05, 0.1) is 6.07 Å². The van der Waals surface area contributed by atoms with Crippen molar-refractivity contribution < 1.29 is 0 Å². The van der Waals surface area contributed by atoms with Crippen LogP contribution in [-0.2, 0) is 7.05 Å². The van der Waals surface area contributed by atoms with E-state index in [4.69, 9.17) is 5.26 Å². The van der Waals surface area contributed by atoms with Crippen molar-refractivity contribution in [2.45, 2.75) is 30.5 Å². The smallest absolute Gasteiger partial charge is 0.303 e. The Morgan fingerprint density at radius 3 is 2.88 bits per heavy atom. The van der Waals surface area contributed by atoms with Crippen molar-refractivity contribution in [1.82, 2.24) is 20.1 Å². The molecule has 0 aliphatic heterocycles. The fourth-order valence-electron chi connectivity index (χ4n) is 1.29. The molecule has 0 spiro atoms. The minimum Gasteiger partial charge on any atom is -0.303 e. The normalized spacial score (nSPS) is 14.2. The molecule has 0 radical (unpaired) electrons. The molecular formula is C10H17N5OS. The molecule has 1 unspecified atom stereocenters. The Morgan fingerprint density at radius 1 is 1.71 bits per heavy atom. The molecule has 1 atom stereocenters. The maximum Gasteiger partial charge on any atom is 0.343 e. The quantitative estimate of drug-likeness (QED) is 0.570. The van der Waals surface area contributed by atoms with Crippen LogP contribution in [0.3, 0.4) is 0 Å². The maximum absolute atomic E-state index is 11.1. The molecule has 1 aromatic rings. The lowest BCUT2D eigenvalue weighted by Crippen LogP contribution is -2.37. The zero-order valence-corrected chi connectivity index (χ0v) is 11.1. The van der Waals surface area contributed by atoms with E-state index in [1.165, 1.54) is 16.3 Å². The number of thioether (sulfide) groups is 1. The van der Waals surface area contributed by atoms with Gasteiger partial charge in [0.25, 0.3) is 0 Å². The average molecular weight is 255 g/mol. The second-order valence-corrected chi connectivity index (χ2v) is 5.08. The summed E-state index contributed by atoms with van der Waals surface area (Å²) in [5.74, 6) is 0.830. The van der Waals surface area contributed by atoms with Gasteiger partial charge in [-0.3, -0.25) is 4.57 Å². The van der Waals surface area contributed by atoms with Crippen LogP contribution in [0.5, 0.6) is 0 Å². The van der Waals surface area contributed by atoms with Crippen molar-refractivity contribution >= 4 is 11.8 Å². The van der Waals surface area contributed by atoms with E-state index in [0.717, 1.165) is 18.6 Å². The first-order valence-corrected chi connectivity index (χ1v) is 6.35. The zero-order chi connectivity index (χ0) is 12.9. The molecule has 94 valence electrons. The Kier molecular flexibility index (Phi) is 4.78. The second-order valence-electron chi connectivity index (χ2n) is 4.02. The number of nitrogens with zero attached hydrogens (tertiary/aromatic N) is 3. The van der Waals surface area contributed by atoms with Crippen LogP contribution in [-0.4, -0.2) is 33.1 Å². The molecule has 0 aromatic carbocycles. The van der Waals surface area contributed by atoms with Gasteiger partial charge in [-0.05, 0) is 26.8 Å². The molecule has 0 aliphatic carbocycles. The fraction of sp³-hybridized carbons (Fsp3) is 0.700. The van der Waals surface area contributed by atoms with Gasteiger partial charge in [-0.2, -0.15) is 5.26 Å². The Hall–Kier alpha value is -1.26. The van der Waals surface area contributed by atoms with Gasteiger partial charge in [-0.1, -0.05) is 11.8 Å². The summed E-state index contributed by atoms with van der Waals surface area (Å²) >= 11 is 1.51. The zero-order valence-electron chi connectivity index (χ0n) is 10.3. The average Bonchev–Trinajstić information content (AvgIpc) is 2.66. The minimum absolute atomic E-state index is 0.204. The third kappa shape index (κ3) is 3.61. The summed E-state index contributed by atoms with van der Waals surface area (Å²) in [6, 6.07) is 2.24. The van der Waals surface area contributed by atoms with Gasteiger partial charge in [0, 0.05) is 12.8 Å². The highest BCUT2D eigenvalue weighted by Gasteiger charge is 2.20. The van der Waals surface area contributed by atoms with Gasteiger partial charge in [0.15, 0.2) is 5.16 Å². The van der Waals surface area contributed by atoms with Crippen LogP contribution >= 0.6 is 11.8 Å². The predicted molar refractivity (Wildman–Crippen MR) is 66.9 cm³/mol. The van der Waals surface area contributed by atoms with E-state index >= 15 is 0 Å². The highest BCUT2D eigenvalue weighted by atomic mass is 32.2. The number of aromatic amines is 1. The number of hydrogen-bond acceptors (Lipinski definition) is 5. The van der Waals surface area contributed by atoms with Gasteiger partial charge < -0.3 is 5.32 Å². The predicted octanol–water partition coefficient (Wildman–Crippen LogP) is 0.482. The van der Waals surface area contributed by atoms with E-state index in [-0.39, 0.29) is 5.69 Å². The van der Waals surface area contributed by atoms with Crippen LogP contribution in [0.2, 0.25) is 0 Å². The molecule has 0 saturated heterocycles. The van der Waals surface area contributed by atoms with Gasteiger partial charge >= 0.3 is 5.69 Å².